The quantitative estimate of drug-likeness (QED) is 0.451. The molecular formula is C28H35F2N7O3S. The predicted octanol–water partition coefficient (Wildman–Crippen LogP) is 3.81. The zero-order chi connectivity index (χ0) is 29.1. The largest absolute Gasteiger partial charge is 0.338 e. The van der Waals surface area contributed by atoms with Crippen molar-refractivity contribution in [3.63, 3.8) is 0 Å². The molecule has 1 saturated heterocycles. The van der Waals surface area contributed by atoms with Gasteiger partial charge in [0.05, 0.1) is 25.0 Å². The van der Waals surface area contributed by atoms with Crippen LogP contribution in [0.25, 0.3) is 11.1 Å². The number of rotatable bonds is 5. The number of sulfonamides is 1. The van der Waals surface area contributed by atoms with Crippen molar-refractivity contribution in [1.82, 2.24) is 28.8 Å². The molecule has 1 amide bonds. The molecule has 3 aliphatic rings. The molecule has 3 aliphatic heterocycles. The molecule has 1 fully saturated rings. The first-order valence-corrected chi connectivity index (χ1v) is 15.9. The number of aryl methyl sites for hydroxylation is 2. The van der Waals surface area contributed by atoms with E-state index < -0.39 is 16.4 Å². The van der Waals surface area contributed by atoms with Crippen LogP contribution >= 0.6 is 0 Å². The molecule has 0 radical (unpaired) electrons. The number of hydrogen-bond donors (Lipinski definition) is 0. The summed E-state index contributed by atoms with van der Waals surface area (Å²) < 4.78 is 58.2. The third-order valence-corrected chi connectivity index (χ3v) is 9.93. The molecule has 0 atom stereocenters. The molecular weight excluding hydrogens is 552 g/mol. The Labute approximate surface area is 238 Å². The molecule has 0 unspecified atom stereocenters. The monoisotopic (exact) mass is 587 g/mol. The Morgan fingerprint density at radius 2 is 1.85 bits per heavy atom. The van der Waals surface area contributed by atoms with E-state index in [9.17, 15) is 22.0 Å². The molecule has 0 bridgehead atoms. The number of carbonyl (C=O) groups is 1. The molecule has 5 heterocycles. The maximum atomic E-state index is 14.4. The number of fused-ring (bicyclic) bond motifs is 2. The Hall–Kier alpha value is -3.32. The van der Waals surface area contributed by atoms with Crippen molar-refractivity contribution in [3.05, 3.63) is 46.9 Å². The number of aromatic nitrogens is 4. The number of alkyl halides is 2. The van der Waals surface area contributed by atoms with Gasteiger partial charge in [-0.3, -0.25) is 14.2 Å². The summed E-state index contributed by atoms with van der Waals surface area (Å²) in [4.78, 5) is 16.2. The van der Waals surface area contributed by atoms with Gasteiger partial charge in [-0.25, -0.2) is 21.5 Å². The standard InChI is InChI=1S/C28H35F2N7O3S/c1-18(38)34-10-8-25-24(17-34)28(32-37(25)21-6-11-35(12-7-21)41(3,39)40)36-9-4-5-19-13-22(20-15-31-33(2)16-20)23(27(29)30)14-26(19)36/h13-16,21,27H,4-12,17H2,1-3H3. The fourth-order valence-corrected chi connectivity index (χ4v) is 7.37. The summed E-state index contributed by atoms with van der Waals surface area (Å²) in [6.45, 7) is 4.02. The van der Waals surface area contributed by atoms with Crippen LogP contribution in [0, 0.1) is 0 Å². The molecule has 13 heteroatoms. The minimum Gasteiger partial charge on any atom is -0.338 e. The summed E-state index contributed by atoms with van der Waals surface area (Å²) in [5, 5.41) is 9.30. The predicted molar refractivity (Wildman–Crippen MR) is 151 cm³/mol. The van der Waals surface area contributed by atoms with Gasteiger partial charge in [0.2, 0.25) is 15.9 Å². The van der Waals surface area contributed by atoms with Gasteiger partial charge in [-0.2, -0.15) is 10.2 Å². The molecule has 0 saturated carbocycles. The summed E-state index contributed by atoms with van der Waals surface area (Å²) >= 11 is 0. The fourth-order valence-electron chi connectivity index (χ4n) is 6.49. The van der Waals surface area contributed by atoms with E-state index in [2.05, 4.69) is 5.10 Å². The van der Waals surface area contributed by atoms with Crippen LogP contribution in [0.2, 0.25) is 0 Å². The number of nitrogens with zero attached hydrogens (tertiary/aromatic N) is 7. The molecule has 3 aromatic rings. The molecule has 10 nitrogen and oxygen atoms in total. The summed E-state index contributed by atoms with van der Waals surface area (Å²) in [7, 11) is -1.50. The molecule has 0 aliphatic carbocycles. The lowest BCUT2D eigenvalue weighted by atomic mass is 9.92. The van der Waals surface area contributed by atoms with Gasteiger partial charge >= 0.3 is 0 Å². The van der Waals surface area contributed by atoms with Gasteiger partial charge in [-0.1, -0.05) is 0 Å². The Morgan fingerprint density at radius 3 is 2.49 bits per heavy atom. The van der Waals surface area contributed by atoms with Gasteiger partial charge in [-0.15, -0.1) is 0 Å². The number of piperidine rings is 1. The molecule has 0 spiro atoms. The SMILES string of the molecule is CC(=O)N1CCc2c(c(N3CCCc4cc(-c5cnn(C)c5)c(C(F)F)cc43)nn2C2CCN(S(C)(=O)=O)CC2)C1. The Balaban J connectivity index is 1.43. The van der Waals surface area contributed by atoms with Crippen LogP contribution in [0.15, 0.2) is 24.5 Å². The van der Waals surface area contributed by atoms with E-state index in [4.69, 9.17) is 5.10 Å². The van der Waals surface area contributed by atoms with Gasteiger partial charge in [0.1, 0.15) is 0 Å². The van der Waals surface area contributed by atoms with Crippen molar-refractivity contribution in [2.45, 2.75) is 58.0 Å². The van der Waals surface area contributed by atoms with E-state index in [-0.39, 0.29) is 17.5 Å². The van der Waals surface area contributed by atoms with Gasteiger partial charge in [0.15, 0.2) is 5.82 Å². The van der Waals surface area contributed by atoms with Crippen LogP contribution in [0.1, 0.15) is 61.0 Å². The Kier molecular flexibility index (Phi) is 7.13. The van der Waals surface area contributed by atoms with Crippen molar-refractivity contribution < 1.29 is 22.0 Å². The van der Waals surface area contributed by atoms with Crippen LogP contribution in [-0.4, -0.2) is 75.5 Å². The number of anilines is 2. The van der Waals surface area contributed by atoms with Crippen molar-refractivity contribution in [1.29, 1.82) is 0 Å². The molecule has 2 aromatic heterocycles. The van der Waals surface area contributed by atoms with E-state index in [0.717, 1.165) is 35.3 Å². The van der Waals surface area contributed by atoms with Gasteiger partial charge in [0, 0.05) is 80.8 Å². The van der Waals surface area contributed by atoms with Crippen LogP contribution in [0.3, 0.4) is 0 Å². The summed E-state index contributed by atoms with van der Waals surface area (Å²) in [6, 6.07) is 3.49. The normalized spacial score (nSPS) is 18.6. The van der Waals surface area contributed by atoms with Crippen LogP contribution in [0.5, 0.6) is 0 Å². The Bertz CT molecular complexity index is 1590. The highest BCUT2D eigenvalue weighted by molar-refractivity contribution is 7.88. The first kappa shape index (κ1) is 27.8. The molecule has 41 heavy (non-hydrogen) atoms. The topological polar surface area (TPSA) is 96.6 Å². The third kappa shape index (κ3) is 5.14. The van der Waals surface area contributed by atoms with E-state index in [1.165, 1.54) is 10.6 Å². The summed E-state index contributed by atoms with van der Waals surface area (Å²) in [6.07, 6.45) is 5.42. The highest BCUT2D eigenvalue weighted by Crippen LogP contribution is 2.43. The fraction of sp³-hybridized carbons (Fsp3) is 0.536. The highest BCUT2D eigenvalue weighted by Gasteiger charge is 2.35. The lowest BCUT2D eigenvalue weighted by Gasteiger charge is -2.33. The number of benzene rings is 1. The second kappa shape index (κ2) is 10.5. The first-order valence-electron chi connectivity index (χ1n) is 14.0. The lowest BCUT2D eigenvalue weighted by Crippen LogP contribution is -2.39. The molecule has 6 rings (SSSR count). The zero-order valence-electron chi connectivity index (χ0n) is 23.6. The Morgan fingerprint density at radius 1 is 1.10 bits per heavy atom. The maximum absolute atomic E-state index is 14.4. The number of hydrogen-bond acceptors (Lipinski definition) is 6. The third-order valence-electron chi connectivity index (χ3n) is 8.62. The highest BCUT2D eigenvalue weighted by atomic mass is 32.2. The van der Waals surface area contributed by atoms with Crippen LogP contribution < -0.4 is 4.90 Å². The van der Waals surface area contributed by atoms with E-state index in [1.54, 1.807) is 42.0 Å². The van der Waals surface area contributed by atoms with E-state index in [1.807, 2.05) is 15.6 Å². The van der Waals surface area contributed by atoms with Crippen LogP contribution in [-0.2, 0) is 41.3 Å². The van der Waals surface area contributed by atoms with Crippen LogP contribution in [0.4, 0.5) is 20.3 Å². The second-order valence-corrected chi connectivity index (χ2v) is 13.3. The number of carbonyl (C=O) groups excluding carboxylic acids is 1. The van der Waals surface area contributed by atoms with Crippen molar-refractivity contribution >= 4 is 27.4 Å². The zero-order valence-corrected chi connectivity index (χ0v) is 24.4. The van der Waals surface area contributed by atoms with Gasteiger partial charge in [0.25, 0.3) is 6.43 Å². The van der Waals surface area contributed by atoms with Crippen molar-refractivity contribution in [2.24, 2.45) is 7.05 Å². The first-order chi connectivity index (χ1) is 19.5. The smallest absolute Gasteiger partial charge is 0.264 e. The van der Waals surface area contributed by atoms with E-state index in [0.29, 0.717) is 68.9 Å². The van der Waals surface area contributed by atoms with Crippen molar-refractivity contribution in [2.75, 3.05) is 37.3 Å². The van der Waals surface area contributed by atoms with E-state index >= 15 is 0 Å². The average Bonchev–Trinajstić information content (AvgIpc) is 3.55. The molecule has 1 aromatic carbocycles. The molecule has 0 N–H and O–H groups in total. The maximum Gasteiger partial charge on any atom is 0.264 e. The lowest BCUT2D eigenvalue weighted by molar-refractivity contribution is -0.129. The average molecular weight is 588 g/mol. The summed E-state index contributed by atoms with van der Waals surface area (Å²) in [5.41, 5.74) is 4.78. The number of amides is 1. The minimum atomic E-state index is -3.26. The number of halogens is 2. The van der Waals surface area contributed by atoms with Gasteiger partial charge < -0.3 is 9.80 Å². The molecule has 220 valence electrons. The minimum absolute atomic E-state index is 0.0176. The van der Waals surface area contributed by atoms with Crippen molar-refractivity contribution in [3.8, 4) is 11.1 Å². The second-order valence-electron chi connectivity index (χ2n) is 11.3. The summed E-state index contributed by atoms with van der Waals surface area (Å²) in [5.74, 6) is 0.683. The van der Waals surface area contributed by atoms with Gasteiger partial charge in [-0.05, 0) is 48.9 Å².